The Labute approximate surface area is 222 Å². The van der Waals surface area contributed by atoms with Crippen LogP contribution in [0.1, 0.15) is 31.9 Å². The van der Waals surface area contributed by atoms with E-state index in [9.17, 15) is 9.18 Å². The van der Waals surface area contributed by atoms with Gasteiger partial charge in [-0.25, -0.2) is 9.37 Å². The molecule has 0 radical (unpaired) electrons. The summed E-state index contributed by atoms with van der Waals surface area (Å²) >= 11 is 0. The summed E-state index contributed by atoms with van der Waals surface area (Å²) in [6.07, 6.45) is 5.39. The number of halogens is 1. The summed E-state index contributed by atoms with van der Waals surface area (Å²) in [4.78, 5) is 22.1. The minimum atomic E-state index is -0.261. The number of nitrogens with zero attached hydrogens (tertiary/aromatic N) is 4. The van der Waals surface area contributed by atoms with Crippen LogP contribution in [0.4, 0.5) is 4.39 Å². The molecule has 2 aromatic heterocycles. The number of imidazole rings is 1. The number of carbonyl (C=O) groups is 1. The Morgan fingerprint density at radius 3 is 2.45 bits per heavy atom. The molecule has 7 heteroatoms. The van der Waals surface area contributed by atoms with E-state index in [0.29, 0.717) is 19.1 Å². The molecule has 196 valence electrons. The summed E-state index contributed by atoms with van der Waals surface area (Å²) in [6, 6.07) is 18.8. The van der Waals surface area contributed by atoms with Gasteiger partial charge in [0.15, 0.2) is 0 Å². The van der Waals surface area contributed by atoms with Gasteiger partial charge in [0.2, 0.25) is 5.91 Å². The third-order valence-corrected chi connectivity index (χ3v) is 7.83. The van der Waals surface area contributed by atoms with Gasteiger partial charge < -0.3 is 14.0 Å². The maximum Gasteiger partial charge on any atom is 0.225 e. The summed E-state index contributed by atoms with van der Waals surface area (Å²) in [7, 11) is 0. The summed E-state index contributed by atoms with van der Waals surface area (Å²) < 4.78 is 21.6. The zero-order valence-corrected chi connectivity index (χ0v) is 21.8. The lowest BCUT2D eigenvalue weighted by molar-refractivity contribution is -0.140. The summed E-state index contributed by atoms with van der Waals surface area (Å²) in [6.45, 7) is 6.46. The highest BCUT2D eigenvalue weighted by Gasteiger charge is 2.31. The van der Waals surface area contributed by atoms with Gasteiger partial charge in [0.05, 0.1) is 18.0 Å². The number of carbonyl (C=O) groups excluding carboxylic acids is 1. The molecule has 3 heterocycles. The second kappa shape index (κ2) is 10.6. The summed E-state index contributed by atoms with van der Waals surface area (Å²) in [5, 5.41) is 0. The number of fused-ring (bicyclic) bond motifs is 1. The second-order valence-corrected chi connectivity index (χ2v) is 10.3. The van der Waals surface area contributed by atoms with E-state index in [4.69, 9.17) is 9.72 Å². The van der Waals surface area contributed by atoms with Crippen LogP contribution in [0.25, 0.3) is 28.0 Å². The van der Waals surface area contributed by atoms with Gasteiger partial charge in [0, 0.05) is 50.4 Å². The van der Waals surface area contributed by atoms with E-state index in [1.807, 2.05) is 30.0 Å². The SMILES string of the molecule is CCOc1cccc(-c2ccc3nc(-c4ccc(F)cc4)c(CN4CCN(C(=O)C5CCC5)CC4)n3c2)c1. The van der Waals surface area contributed by atoms with E-state index >= 15 is 0 Å². The lowest BCUT2D eigenvalue weighted by atomic mass is 9.84. The van der Waals surface area contributed by atoms with Crippen LogP contribution in [0.3, 0.4) is 0 Å². The smallest absolute Gasteiger partial charge is 0.225 e. The first-order chi connectivity index (χ1) is 18.6. The van der Waals surface area contributed by atoms with Gasteiger partial charge in [-0.05, 0) is 79.4 Å². The number of rotatable bonds is 7. The Morgan fingerprint density at radius 1 is 0.974 bits per heavy atom. The zero-order chi connectivity index (χ0) is 26.1. The van der Waals surface area contributed by atoms with Crippen LogP contribution >= 0.6 is 0 Å². The first kappa shape index (κ1) is 24.6. The van der Waals surface area contributed by atoms with Crippen molar-refractivity contribution in [2.45, 2.75) is 32.7 Å². The predicted molar refractivity (Wildman–Crippen MR) is 146 cm³/mol. The number of pyridine rings is 1. The van der Waals surface area contributed by atoms with E-state index in [0.717, 1.165) is 78.5 Å². The first-order valence-electron chi connectivity index (χ1n) is 13.6. The number of hydrogen-bond donors (Lipinski definition) is 0. The maximum atomic E-state index is 13.7. The molecule has 6 rings (SSSR count). The molecular formula is C31H33FN4O2. The number of amides is 1. The largest absolute Gasteiger partial charge is 0.494 e. The number of hydrogen-bond acceptors (Lipinski definition) is 4. The molecule has 1 saturated heterocycles. The molecule has 2 fully saturated rings. The molecule has 1 amide bonds. The molecule has 0 N–H and O–H groups in total. The van der Waals surface area contributed by atoms with Crippen molar-refractivity contribution in [3.63, 3.8) is 0 Å². The molecule has 2 aliphatic rings. The van der Waals surface area contributed by atoms with Crippen LogP contribution in [0.15, 0.2) is 66.9 Å². The van der Waals surface area contributed by atoms with E-state index in [1.54, 1.807) is 12.1 Å². The van der Waals surface area contributed by atoms with Gasteiger partial charge in [-0.1, -0.05) is 18.6 Å². The molecule has 1 saturated carbocycles. The average Bonchev–Trinajstić information content (AvgIpc) is 3.26. The Hall–Kier alpha value is -3.71. The fourth-order valence-electron chi connectivity index (χ4n) is 5.44. The molecule has 38 heavy (non-hydrogen) atoms. The minimum absolute atomic E-state index is 0.241. The highest BCUT2D eigenvalue weighted by molar-refractivity contribution is 5.79. The first-order valence-corrected chi connectivity index (χ1v) is 13.6. The molecule has 6 nitrogen and oxygen atoms in total. The van der Waals surface area contributed by atoms with Gasteiger partial charge in [-0.3, -0.25) is 9.69 Å². The molecule has 1 aliphatic heterocycles. The van der Waals surface area contributed by atoms with Gasteiger partial charge in [0.25, 0.3) is 0 Å². The van der Waals surface area contributed by atoms with Crippen LogP contribution in [0.2, 0.25) is 0 Å². The van der Waals surface area contributed by atoms with Crippen LogP contribution in [0, 0.1) is 11.7 Å². The van der Waals surface area contributed by atoms with Gasteiger partial charge in [-0.15, -0.1) is 0 Å². The summed E-state index contributed by atoms with van der Waals surface area (Å²) in [5.41, 5.74) is 5.81. The molecule has 0 atom stereocenters. The monoisotopic (exact) mass is 512 g/mol. The number of piperazine rings is 1. The van der Waals surface area contributed by atoms with Crippen molar-refractivity contribution in [2.75, 3.05) is 32.8 Å². The molecule has 1 aliphatic carbocycles. The molecule has 0 spiro atoms. The zero-order valence-electron chi connectivity index (χ0n) is 21.8. The van der Waals surface area contributed by atoms with Crippen LogP contribution < -0.4 is 4.74 Å². The van der Waals surface area contributed by atoms with E-state index in [1.165, 1.54) is 18.6 Å². The molecule has 0 bridgehead atoms. The standard InChI is InChI=1S/C31H33FN4O2/c1-2-38-27-8-4-7-24(19-27)25-11-14-29-33-30(22-9-12-26(32)13-10-22)28(36(29)20-25)21-34-15-17-35(18-16-34)31(37)23-5-3-6-23/h4,7-14,19-20,23H,2-3,5-6,15-18,21H2,1H3. The van der Waals surface area contributed by atoms with Crippen molar-refractivity contribution in [1.82, 2.24) is 19.2 Å². The van der Waals surface area contributed by atoms with Crippen molar-refractivity contribution in [3.05, 3.63) is 78.4 Å². The van der Waals surface area contributed by atoms with Crippen molar-refractivity contribution in [2.24, 2.45) is 5.92 Å². The van der Waals surface area contributed by atoms with E-state index in [-0.39, 0.29) is 11.7 Å². The normalized spacial score (nSPS) is 16.5. The Kier molecular flexibility index (Phi) is 6.85. The number of ether oxygens (including phenoxy) is 1. The molecule has 4 aromatic rings. The van der Waals surface area contributed by atoms with Crippen LogP contribution in [0.5, 0.6) is 5.75 Å². The van der Waals surface area contributed by atoms with Crippen LogP contribution in [-0.4, -0.2) is 57.9 Å². The predicted octanol–water partition coefficient (Wildman–Crippen LogP) is 5.65. The maximum absolute atomic E-state index is 13.7. The topological polar surface area (TPSA) is 50.1 Å². The highest BCUT2D eigenvalue weighted by atomic mass is 19.1. The fourth-order valence-corrected chi connectivity index (χ4v) is 5.44. The molecule has 2 aromatic carbocycles. The quantitative estimate of drug-likeness (QED) is 0.321. The minimum Gasteiger partial charge on any atom is -0.494 e. The summed E-state index contributed by atoms with van der Waals surface area (Å²) in [5.74, 6) is 1.15. The Morgan fingerprint density at radius 2 is 1.74 bits per heavy atom. The van der Waals surface area contributed by atoms with E-state index < -0.39 is 0 Å². The van der Waals surface area contributed by atoms with Crippen LogP contribution in [-0.2, 0) is 11.3 Å². The average molecular weight is 513 g/mol. The van der Waals surface area contributed by atoms with Gasteiger partial charge in [-0.2, -0.15) is 0 Å². The van der Waals surface area contributed by atoms with E-state index in [2.05, 4.69) is 33.7 Å². The van der Waals surface area contributed by atoms with Gasteiger partial charge >= 0.3 is 0 Å². The van der Waals surface area contributed by atoms with Gasteiger partial charge in [0.1, 0.15) is 17.2 Å². The molecular weight excluding hydrogens is 479 g/mol. The molecule has 0 unspecified atom stereocenters. The lowest BCUT2D eigenvalue weighted by Gasteiger charge is -2.38. The lowest BCUT2D eigenvalue weighted by Crippen LogP contribution is -2.50. The van der Waals surface area contributed by atoms with Crippen molar-refractivity contribution < 1.29 is 13.9 Å². The highest BCUT2D eigenvalue weighted by Crippen LogP contribution is 2.31. The number of aromatic nitrogens is 2. The third-order valence-electron chi connectivity index (χ3n) is 7.83. The Bertz CT molecular complexity index is 1440. The number of benzene rings is 2. The fraction of sp³-hybridized carbons (Fsp3) is 0.355. The van der Waals surface area contributed by atoms with Crippen molar-refractivity contribution >= 4 is 11.6 Å². The second-order valence-electron chi connectivity index (χ2n) is 10.3. The Balaban J connectivity index is 1.32. The third kappa shape index (κ3) is 4.90. The van der Waals surface area contributed by atoms with Crippen molar-refractivity contribution in [1.29, 1.82) is 0 Å². The van der Waals surface area contributed by atoms with Crippen molar-refractivity contribution in [3.8, 4) is 28.1 Å².